The highest BCUT2D eigenvalue weighted by Gasteiger charge is 2.34. The van der Waals surface area contributed by atoms with Crippen molar-refractivity contribution < 1.29 is 9.18 Å². The van der Waals surface area contributed by atoms with Crippen molar-refractivity contribution in [3.8, 4) is 0 Å². The Kier molecular flexibility index (Phi) is 5.12. The lowest BCUT2D eigenvalue weighted by Crippen LogP contribution is -2.40. The first-order valence-corrected chi connectivity index (χ1v) is 7.38. The number of hydrogen-bond acceptors (Lipinski definition) is 2. The Morgan fingerprint density at radius 3 is 2.75 bits per heavy atom. The average molecular weight is 278 g/mol. The Morgan fingerprint density at radius 1 is 1.45 bits per heavy atom. The third kappa shape index (κ3) is 3.79. The van der Waals surface area contributed by atoms with Gasteiger partial charge in [-0.1, -0.05) is 32.0 Å². The van der Waals surface area contributed by atoms with Crippen LogP contribution in [-0.2, 0) is 11.3 Å². The molecular weight excluding hydrogens is 255 g/mol. The fourth-order valence-corrected chi connectivity index (χ4v) is 2.31. The largest absolute Gasteiger partial charge is 0.335 e. The van der Waals surface area contributed by atoms with Gasteiger partial charge in [0.25, 0.3) is 0 Å². The van der Waals surface area contributed by atoms with Crippen molar-refractivity contribution in [1.29, 1.82) is 0 Å². The number of carbonyl (C=O) groups excluding carboxylic acids is 1. The van der Waals surface area contributed by atoms with E-state index in [1.807, 2.05) is 24.8 Å². The first-order valence-electron chi connectivity index (χ1n) is 7.38. The highest BCUT2D eigenvalue weighted by Crippen LogP contribution is 2.30. The van der Waals surface area contributed by atoms with Crippen LogP contribution in [0.4, 0.5) is 4.39 Å². The maximum absolute atomic E-state index is 13.8. The summed E-state index contributed by atoms with van der Waals surface area (Å²) in [4.78, 5) is 14.4. The molecule has 20 heavy (non-hydrogen) atoms. The monoisotopic (exact) mass is 278 g/mol. The highest BCUT2D eigenvalue weighted by molar-refractivity contribution is 5.79. The summed E-state index contributed by atoms with van der Waals surface area (Å²) in [6.45, 7) is 5.87. The average Bonchev–Trinajstić information content (AvgIpc) is 3.27. The number of amides is 1. The highest BCUT2D eigenvalue weighted by atomic mass is 19.1. The lowest BCUT2D eigenvalue weighted by Gasteiger charge is -2.26. The van der Waals surface area contributed by atoms with Gasteiger partial charge in [-0.05, 0) is 25.5 Å². The molecule has 0 radical (unpaired) electrons. The van der Waals surface area contributed by atoms with Gasteiger partial charge < -0.3 is 10.2 Å². The molecule has 110 valence electrons. The zero-order valence-electron chi connectivity index (χ0n) is 12.2. The lowest BCUT2D eigenvalue weighted by atomic mass is 10.1. The van der Waals surface area contributed by atoms with E-state index in [-0.39, 0.29) is 17.6 Å². The van der Waals surface area contributed by atoms with Gasteiger partial charge in [-0.3, -0.25) is 4.79 Å². The van der Waals surface area contributed by atoms with Crippen LogP contribution in [0.15, 0.2) is 24.3 Å². The van der Waals surface area contributed by atoms with Crippen LogP contribution >= 0.6 is 0 Å². The van der Waals surface area contributed by atoms with Crippen molar-refractivity contribution in [3.05, 3.63) is 35.6 Å². The second-order valence-electron chi connectivity index (χ2n) is 5.50. The summed E-state index contributed by atoms with van der Waals surface area (Å²) in [5, 5.41) is 3.20. The Labute approximate surface area is 120 Å². The lowest BCUT2D eigenvalue weighted by molar-refractivity contribution is -0.136. The number of hydrogen-bond donors (Lipinski definition) is 1. The van der Waals surface area contributed by atoms with E-state index >= 15 is 0 Å². The second-order valence-corrected chi connectivity index (χ2v) is 5.50. The van der Waals surface area contributed by atoms with Crippen LogP contribution in [0.25, 0.3) is 0 Å². The minimum absolute atomic E-state index is 0.0673. The molecular formula is C16H23FN2O. The van der Waals surface area contributed by atoms with Crippen molar-refractivity contribution in [2.45, 2.75) is 39.3 Å². The van der Waals surface area contributed by atoms with Crippen molar-refractivity contribution in [2.75, 3.05) is 13.1 Å². The van der Waals surface area contributed by atoms with Gasteiger partial charge in [-0.15, -0.1) is 0 Å². The molecule has 0 aliphatic heterocycles. The number of nitrogens with zero attached hydrogens (tertiary/aromatic N) is 1. The van der Waals surface area contributed by atoms with Crippen LogP contribution in [0.2, 0.25) is 0 Å². The third-order valence-corrected chi connectivity index (χ3v) is 3.69. The van der Waals surface area contributed by atoms with Gasteiger partial charge in [-0.2, -0.15) is 0 Å². The molecule has 1 unspecified atom stereocenters. The van der Waals surface area contributed by atoms with Gasteiger partial charge in [0.15, 0.2) is 0 Å². The van der Waals surface area contributed by atoms with Gasteiger partial charge >= 0.3 is 0 Å². The fraction of sp³-hybridized carbons (Fsp3) is 0.562. The molecule has 1 amide bonds. The molecule has 0 spiro atoms. The van der Waals surface area contributed by atoms with Crippen LogP contribution < -0.4 is 5.32 Å². The summed E-state index contributed by atoms with van der Waals surface area (Å²) in [6.07, 6.45) is 2.07. The standard InChI is InChI=1S/C16H23FN2O/c1-3-18-10-12(2)16(20)19(14-8-9-14)11-13-6-4-5-7-15(13)17/h4-7,12,14,18H,3,8-11H2,1-2H3. The van der Waals surface area contributed by atoms with E-state index in [9.17, 15) is 9.18 Å². The minimum Gasteiger partial charge on any atom is -0.335 e. The van der Waals surface area contributed by atoms with Crippen molar-refractivity contribution in [2.24, 2.45) is 5.92 Å². The molecule has 4 heteroatoms. The van der Waals surface area contributed by atoms with Crippen LogP contribution in [0, 0.1) is 11.7 Å². The van der Waals surface area contributed by atoms with Gasteiger partial charge in [0.2, 0.25) is 5.91 Å². The molecule has 0 bridgehead atoms. The molecule has 0 saturated heterocycles. The zero-order chi connectivity index (χ0) is 14.5. The normalized spacial score (nSPS) is 15.9. The Balaban J connectivity index is 2.04. The molecule has 1 fully saturated rings. The predicted molar refractivity (Wildman–Crippen MR) is 77.7 cm³/mol. The van der Waals surface area contributed by atoms with E-state index in [1.54, 1.807) is 12.1 Å². The number of halogens is 1. The summed E-state index contributed by atoms with van der Waals surface area (Å²) in [5.41, 5.74) is 0.600. The Hall–Kier alpha value is -1.42. The van der Waals surface area contributed by atoms with Crippen LogP contribution in [0.3, 0.4) is 0 Å². The summed E-state index contributed by atoms with van der Waals surface area (Å²) >= 11 is 0. The predicted octanol–water partition coefficient (Wildman–Crippen LogP) is 2.56. The molecule has 1 aromatic carbocycles. The minimum atomic E-state index is -0.231. The molecule has 0 heterocycles. The van der Waals surface area contributed by atoms with Gasteiger partial charge in [0.05, 0.1) is 0 Å². The van der Waals surface area contributed by atoms with E-state index in [0.717, 1.165) is 19.4 Å². The van der Waals surface area contributed by atoms with Crippen LogP contribution in [0.5, 0.6) is 0 Å². The van der Waals surface area contributed by atoms with Crippen molar-refractivity contribution >= 4 is 5.91 Å². The smallest absolute Gasteiger partial charge is 0.227 e. The number of nitrogens with one attached hydrogen (secondary N) is 1. The topological polar surface area (TPSA) is 32.3 Å². The van der Waals surface area contributed by atoms with Crippen molar-refractivity contribution in [3.63, 3.8) is 0 Å². The van der Waals surface area contributed by atoms with E-state index in [0.29, 0.717) is 24.7 Å². The molecule has 1 N–H and O–H groups in total. The van der Waals surface area contributed by atoms with E-state index in [1.165, 1.54) is 6.07 Å². The van der Waals surface area contributed by atoms with Gasteiger partial charge in [0.1, 0.15) is 5.82 Å². The Bertz CT molecular complexity index is 460. The number of benzene rings is 1. The summed E-state index contributed by atoms with van der Waals surface area (Å²) < 4.78 is 13.8. The van der Waals surface area contributed by atoms with E-state index in [2.05, 4.69) is 5.32 Å². The number of carbonyl (C=O) groups is 1. The van der Waals surface area contributed by atoms with Crippen molar-refractivity contribution in [1.82, 2.24) is 10.2 Å². The Morgan fingerprint density at radius 2 is 2.15 bits per heavy atom. The molecule has 1 aliphatic rings. The zero-order valence-corrected chi connectivity index (χ0v) is 12.2. The first kappa shape index (κ1) is 15.0. The summed E-state index contributed by atoms with van der Waals surface area (Å²) in [5.74, 6) is -0.177. The molecule has 1 atom stereocenters. The molecule has 1 saturated carbocycles. The molecule has 1 aromatic rings. The van der Waals surface area contributed by atoms with Crippen LogP contribution in [0.1, 0.15) is 32.3 Å². The molecule has 0 aromatic heterocycles. The SMILES string of the molecule is CCNCC(C)C(=O)N(Cc1ccccc1F)C1CC1. The maximum Gasteiger partial charge on any atom is 0.227 e. The molecule has 2 rings (SSSR count). The summed E-state index contributed by atoms with van der Waals surface area (Å²) in [7, 11) is 0. The molecule has 3 nitrogen and oxygen atoms in total. The van der Waals surface area contributed by atoms with E-state index < -0.39 is 0 Å². The number of rotatable bonds is 7. The fourth-order valence-electron chi connectivity index (χ4n) is 2.31. The second kappa shape index (κ2) is 6.84. The first-order chi connectivity index (χ1) is 9.63. The third-order valence-electron chi connectivity index (χ3n) is 3.69. The maximum atomic E-state index is 13.8. The summed E-state index contributed by atoms with van der Waals surface area (Å²) in [6, 6.07) is 7.00. The van der Waals surface area contributed by atoms with Gasteiger partial charge in [-0.25, -0.2) is 4.39 Å². The quantitative estimate of drug-likeness (QED) is 0.831. The van der Waals surface area contributed by atoms with E-state index in [4.69, 9.17) is 0 Å². The van der Waals surface area contributed by atoms with Crippen LogP contribution in [-0.4, -0.2) is 29.9 Å². The van der Waals surface area contributed by atoms with Gasteiger partial charge in [0, 0.05) is 30.6 Å². The molecule has 1 aliphatic carbocycles.